The molecule has 0 radical (unpaired) electrons. The molecule has 0 saturated carbocycles. The van der Waals surface area contributed by atoms with Gasteiger partial charge in [-0.2, -0.15) is 0 Å². The standard InChI is InChI=1S/C12H13N5O2S/c1-16(12(19)7-17-9-13-14-15-17)6-11-5-10(8-20-11)3-2-4-18/h5,8-9,18H,4,6-7H2,1H3. The molecule has 0 bridgehead atoms. The van der Waals surface area contributed by atoms with E-state index in [0.29, 0.717) is 6.54 Å². The van der Waals surface area contributed by atoms with Crippen molar-refractivity contribution >= 4 is 17.2 Å². The number of nitrogens with zero attached hydrogens (tertiary/aromatic N) is 5. The molecule has 2 heterocycles. The van der Waals surface area contributed by atoms with Crippen LogP contribution >= 0.6 is 11.3 Å². The summed E-state index contributed by atoms with van der Waals surface area (Å²) < 4.78 is 1.38. The summed E-state index contributed by atoms with van der Waals surface area (Å²) in [6, 6.07) is 1.91. The highest BCUT2D eigenvalue weighted by Crippen LogP contribution is 2.15. The van der Waals surface area contributed by atoms with Crippen LogP contribution in [0, 0.1) is 11.8 Å². The minimum Gasteiger partial charge on any atom is -0.384 e. The van der Waals surface area contributed by atoms with E-state index >= 15 is 0 Å². The average Bonchev–Trinajstić information content (AvgIpc) is 3.08. The van der Waals surface area contributed by atoms with Crippen LogP contribution in [-0.2, 0) is 17.9 Å². The Kier molecular flexibility index (Phi) is 4.81. The van der Waals surface area contributed by atoms with E-state index in [2.05, 4.69) is 27.4 Å². The van der Waals surface area contributed by atoms with Gasteiger partial charge in [0.25, 0.3) is 0 Å². The van der Waals surface area contributed by atoms with Crippen LogP contribution in [0.15, 0.2) is 17.8 Å². The molecule has 0 aromatic carbocycles. The second-order valence-electron chi connectivity index (χ2n) is 4.02. The third kappa shape index (κ3) is 3.88. The van der Waals surface area contributed by atoms with Crippen LogP contribution in [0.25, 0.3) is 0 Å². The summed E-state index contributed by atoms with van der Waals surface area (Å²) in [5, 5.41) is 21.1. The number of carbonyl (C=O) groups is 1. The van der Waals surface area contributed by atoms with E-state index < -0.39 is 0 Å². The molecule has 1 amide bonds. The molecule has 1 N–H and O–H groups in total. The van der Waals surface area contributed by atoms with Gasteiger partial charge in [0, 0.05) is 22.9 Å². The lowest BCUT2D eigenvalue weighted by Crippen LogP contribution is -2.29. The number of carbonyl (C=O) groups excluding carboxylic acids is 1. The van der Waals surface area contributed by atoms with Gasteiger partial charge >= 0.3 is 0 Å². The Morgan fingerprint density at radius 2 is 2.45 bits per heavy atom. The first-order valence-electron chi connectivity index (χ1n) is 5.81. The highest BCUT2D eigenvalue weighted by molar-refractivity contribution is 7.10. The lowest BCUT2D eigenvalue weighted by Gasteiger charge is -2.15. The number of hydrogen-bond donors (Lipinski definition) is 1. The molecule has 0 fully saturated rings. The van der Waals surface area contributed by atoms with E-state index in [1.54, 1.807) is 11.9 Å². The van der Waals surface area contributed by atoms with Gasteiger partial charge in [-0.05, 0) is 16.5 Å². The fourth-order valence-electron chi connectivity index (χ4n) is 1.50. The molecular formula is C12H13N5O2S. The number of rotatable bonds is 4. The lowest BCUT2D eigenvalue weighted by atomic mass is 10.3. The average molecular weight is 291 g/mol. The topological polar surface area (TPSA) is 84.1 Å². The van der Waals surface area contributed by atoms with Crippen molar-refractivity contribution in [2.75, 3.05) is 13.7 Å². The van der Waals surface area contributed by atoms with Crippen molar-refractivity contribution in [1.29, 1.82) is 0 Å². The molecule has 0 atom stereocenters. The van der Waals surface area contributed by atoms with Crippen LogP contribution in [0.1, 0.15) is 10.4 Å². The largest absolute Gasteiger partial charge is 0.384 e. The van der Waals surface area contributed by atoms with Gasteiger partial charge in [-0.15, -0.1) is 16.4 Å². The van der Waals surface area contributed by atoms with Crippen molar-refractivity contribution in [2.45, 2.75) is 13.1 Å². The molecule has 2 aromatic heterocycles. The molecule has 8 heteroatoms. The number of hydrogen-bond acceptors (Lipinski definition) is 6. The summed E-state index contributed by atoms with van der Waals surface area (Å²) in [6.45, 7) is 0.466. The number of aliphatic hydroxyl groups is 1. The zero-order chi connectivity index (χ0) is 14.4. The van der Waals surface area contributed by atoms with E-state index in [4.69, 9.17) is 5.11 Å². The summed E-state index contributed by atoms with van der Waals surface area (Å²) in [5.74, 6) is 5.34. The minimum absolute atomic E-state index is 0.0753. The highest BCUT2D eigenvalue weighted by Gasteiger charge is 2.11. The molecular weight excluding hydrogens is 278 g/mol. The van der Waals surface area contributed by atoms with E-state index in [1.165, 1.54) is 22.3 Å². The van der Waals surface area contributed by atoms with E-state index in [0.717, 1.165) is 10.4 Å². The first-order valence-corrected chi connectivity index (χ1v) is 6.69. The van der Waals surface area contributed by atoms with Crippen molar-refractivity contribution in [1.82, 2.24) is 25.1 Å². The predicted octanol–water partition coefficient (Wildman–Crippen LogP) is -0.263. The summed E-state index contributed by atoms with van der Waals surface area (Å²) in [6.07, 6.45) is 1.40. The van der Waals surface area contributed by atoms with Gasteiger partial charge in [-0.1, -0.05) is 11.8 Å². The second kappa shape index (κ2) is 6.79. The summed E-state index contributed by atoms with van der Waals surface area (Å²) in [4.78, 5) is 14.6. The van der Waals surface area contributed by atoms with Crippen molar-refractivity contribution < 1.29 is 9.90 Å². The lowest BCUT2D eigenvalue weighted by molar-refractivity contribution is -0.131. The Morgan fingerprint density at radius 1 is 1.60 bits per heavy atom. The highest BCUT2D eigenvalue weighted by atomic mass is 32.1. The molecule has 0 aliphatic rings. The van der Waals surface area contributed by atoms with Crippen LogP contribution in [0.2, 0.25) is 0 Å². The van der Waals surface area contributed by atoms with Crippen LogP contribution in [0.3, 0.4) is 0 Å². The minimum atomic E-state index is -0.157. The van der Waals surface area contributed by atoms with Gasteiger partial charge < -0.3 is 10.0 Å². The van der Waals surface area contributed by atoms with Gasteiger partial charge in [-0.3, -0.25) is 4.79 Å². The normalized spacial score (nSPS) is 9.90. The van der Waals surface area contributed by atoms with E-state index in [1.807, 2.05) is 11.4 Å². The molecule has 2 aromatic rings. The monoisotopic (exact) mass is 291 g/mol. The number of aliphatic hydroxyl groups excluding tert-OH is 1. The van der Waals surface area contributed by atoms with Crippen molar-refractivity contribution in [3.63, 3.8) is 0 Å². The summed E-state index contributed by atoms with van der Waals surface area (Å²) in [5.41, 5.74) is 0.848. The molecule has 20 heavy (non-hydrogen) atoms. The maximum atomic E-state index is 11.9. The van der Waals surface area contributed by atoms with Crippen LogP contribution in [0.5, 0.6) is 0 Å². The Labute approximate surface area is 119 Å². The second-order valence-corrected chi connectivity index (χ2v) is 5.01. The Morgan fingerprint density at radius 3 is 3.15 bits per heavy atom. The van der Waals surface area contributed by atoms with Gasteiger partial charge in [0.2, 0.25) is 5.91 Å². The Balaban J connectivity index is 1.92. The van der Waals surface area contributed by atoms with E-state index in [-0.39, 0.29) is 19.1 Å². The fourth-order valence-corrected chi connectivity index (χ4v) is 2.37. The number of aromatic nitrogens is 4. The first-order chi connectivity index (χ1) is 9.69. The maximum absolute atomic E-state index is 11.9. The number of likely N-dealkylation sites (N-methyl/N-ethyl adjacent to an activating group) is 1. The fraction of sp³-hybridized carbons (Fsp3) is 0.333. The molecule has 0 aliphatic heterocycles. The van der Waals surface area contributed by atoms with Gasteiger partial charge in [0.15, 0.2) is 0 Å². The third-order valence-corrected chi connectivity index (χ3v) is 3.39. The van der Waals surface area contributed by atoms with E-state index in [9.17, 15) is 4.79 Å². The number of thiophene rings is 1. The van der Waals surface area contributed by atoms with Gasteiger partial charge in [-0.25, -0.2) is 4.68 Å². The van der Waals surface area contributed by atoms with Crippen molar-refractivity contribution in [2.24, 2.45) is 0 Å². The van der Waals surface area contributed by atoms with Gasteiger partial charge in [0.05, 0.1) is 6.54 Å². The Hall–Kier alpha value is -2.24. The van der Waals surface area contributed by atoms with Gasteiger partial charge in [0.1, 0.15) is 19.5 Å². The Bertz CT molecular complexity index is 626. The molecule has 7 nitrogen and oxygen atoms in total. The molecule has 104 valence electrons. The van der Waals surface area contributed by atoms with Crippen LogP contribution < -0.4 is 0 Å². The molecule has 0 spiro atoms. The summed E-state index contributed by atoms with van der Waals surface area (Å²) >= 11 is 1.53. The molecule has 2 rings (SSSR count). The summed E-state index contributed by atoms with van der Waals surface area (Å²) in [7, 11) is 1.73. The SMILES string of the molecule is CN(Cc1cc(C#CCO)cs1)C(=O)Cn1cnnn1. The van der Waals surface area contributed by atoms with Crippen molar-refractivity contribution in [3.05, 3.63) is 28.2 Å². The molecule has 0 saturated heterocycles. The molecule has 0 aliphatic carbocycles. The van der Waals surface area contributed by atoms with Crippen LogP contribution in [-0.4, -0.2) is 49.8 Å². The molecule has 0 unspecified atom stereocenters. The first kappa shape index (κ1) is 14.2. The van der Waals surface area contributed by atoms with Crippen molar-refractivity contribution in [3.8, 4) is 11.8 Å². The zero-order valence-corrected chi connectivity index (χ0v) is 11.7. The predicted molar refractivity (Wildman–Crippen MR) is 72.6 cm³/mol. The zero-order valence-electron chi connectivity index (χ0n) is 10.9. The quantitative estimate of drug-likeness (QED) is 0.784. The van der Waals surface area contributed by atoms with Crippen LogP contribution in [0.4, 0.5) is 0 Å². The number of amides is 1. The number of tetrazole rings is 1. The maximum Gasteiger partial charge on any atom is 0.244 e. The third-order valence-electron chi connectivity index (χ3n) is 2.47. The smallest absolute Gasteiger partial charge is 0.244 e.